The Morgan fingerprint density at radius 1 is 1.06 bits per heavy atom. The lowest BCUT2D eigenvalue weighted by Crippen LogP contribution is -2.14. The molecule has 0 aliphatic rings. The number of rotatable bonds is 4. The molecule has 0 radical (unpaired) electrons. The molecule has 2 heterocycles. The van der Waals surface area contributed by atoms with Gasteiger partial charge in [0.1, 0.15) is 5.75 Å². The summed E-state index contributed by atoms with van der Waals surface area (Å²) >= 11 is 0. The van der Waals surface area contributed by atoms with Crippen LogP contribution in [0.15, 0.2) is 54.6 Å². The lowest BCUT2D eigenvalue weighted by atomic mass is 9.89. The summed E-state index contributed by atoms with van der Waals surface area (Å²) < 4.78 is 6.86. The molecule has 0 saturated heterocycles. The number of nitrogens with two attached hydrogens (primary N) is 1. The minimum absolute atomic E-state index is 0.131. The first-order valence-corrected chi connectivity index (χ1v) is 10.4. The minimum Gasteiger partial charge on any atom is -0.497 e. The van der Waals surface area contributed by atoms with Gasteiger partial charge in [-0.05, 0) is 53.6 Å². The van der Waals surface area contributed by atoms with E-state index in [-0.39, 0.29) is 11.3 Å². The molecule has 0 atom stereocenters. The van der Waals surface area contributed by atoms with Gasteiger partial charge in [0.2, 0.25) is 0 Å². The number of nitrogens with zero attached hydrogens (tertiary/aromatic N) is 3. The lowest BCUT2D eigenvalue weighted by Gasteiger charge is -2.19. The molecule has 2 aromatic carbocycles. The maximum Gasteiger partial charge on any atom is 0.255 e. The molecule has 0 spiro atoms. The highest BCUT2D eigenvalue weighted by Crippen LogP contribution is 2.35. The number of ether oxygens (including phenoxy) is 1. The van der Waals surface area contributed by atoms with Crippen LogP contribution in [0.1, 0.15) is 36.8 Å². The molecular weight excluding hydrogens is 402 g/mol. The second-order valence-corrected chi connectivity index (χ2v) is 8.77. The van der Waals surface area contributed by atoms with E-state index in [1.165, 1.54) is 0 Å². The number of benzene rings is 2. The summed E-state index contributed by atoms with van der Waals surface area (Å²) in [6.45, 7) is 6.38. The van der Waals surface area contributed by atoms with Gasteiger partial charge < -0.3 is 15.8 Å². The van der Waals surface area contributed by atoms with Crippen molar-refractivity contribution in [1.29, 1.82) is 0 Å². The van der Waals surface area contributed by atoms with Gasteiger partial charge >= 0.3 is 0 Å². The number of methoxy groups -OCH3 is 1. The largest absolute Gasteiger partial charge is 0.497 e. The van der Waals surface area contributed by atoms with Crippen LogP contribution in [-0.4, -0.2) is 27.8 Å². The zero-order valence-corrected chi connectivity index (χ0v) is 18.9. The van der Waals surface area contributed by atoms with Gasteiger partial charge in [0, 0.05) is 29.4 Å². The Bertz CT molecular complexity index is 1280. The maximum absolute atomic E-state index is 12.6. The molecule has 0 bridgehead atoms. The van der Waals surface area contributed by atoms with Crippen molar-refractivity contribution >= 4 is 28.4 Å². The van der Waals surface area contributed by atoms with Crippen LogP contribution in [0.3, 0.4) is 0 Å². The first kappa shape index (κ1) is 21.4. The standard InChI is InChI=1S/C25H27N5O2/c1-25(2,3)20-14-19(21-22(26)29-30(4)23(21)28-20)15-6-10-17(11-7-15)27-24(31)16-8-12-18(32-5)13-9-16/h6-14H,1-5H3,(H2,26,29)(H,27,31). The molecule has 0 aliphatic heterocycles. The fourth-order valence-electron chi connectivity index (χ4n) is 3.57. The molecule has 0 fully saturated rings. The Hall–Kier alpha value is -3.87. The summed E-state index contributed by atoms with van der Waals surface area (Å²) in [5, 5.41) is 8.13. The van der Waals surface area contributed by atoms with Crippen LogP contribution in [0.5, 0.6) is 5.75 Å². The van der Waals surface area contributed by atoms with Crippen LogP contribution in [0.4, 0.5) is 11.5 Å². The fraction of sp³-hybridized carbons (Fsp3) is 0.240. The van der Waals surface area contributed by atoms with Gasteiger partial charge in [-0.25, -0.2) is 9.67 Å². The molecule has 32 heavy (non-hydrogen) atoms. The number of nitrogen functional groups attached to an aromatic ring is 1. The first-order valence-electron chi connectivity index (χ1n) is 10.4. The van der Waals surface area contributed by atoms with Crippen molar-refractivity contribution in [2.24, 2.45) is 7.05 Å². The molecule has 7 nitrogen and oxygen atoms in total. The van der Waals surface area contributed by atoms with Crippen molar-refractivity contribution < 1.29 is 9.53 Å². The van der Waals surface area contributed by atoms with Gasteiger partial charge in [0.05, 0.1) is 12.5 Å². The lowest BCUT2D eigenvalue weighted by molar-refractivity contribution is 0.102. The number of aromatic nitrogens is 3. The van der Waals surface area contributed by atoms with E-state index in [0.29, 0.717) is 22.8 Å². The second-order valence-electron chi connectivity index (χ2n) is 8.77. The Kier molecular flexibility index (Phi) is 5.34. The number of carbonyl (C=O) groups is 1. The van der Waals surface area contributed by atoms with Crippen LogP contribution >= 0.6 is 0 Å². The summed E-state index contributed by atoms with van der Waals surface area (Å²) in [7, 11) is 3.44. The summed E-state index contributed by atoms with van der Waals surface area (Å²) in [4.78, 5) is 17.4. The molecule has 1 amide bonds. The third kappa shape index (κ3) is 4.01. The first-order chi connectivity index (χ1) is 15.2. The summed E-state index contributed by atoms with van der Waals surface area (Å²) in [5.74, 6) is 0.972. The average molecular weight is 430 g/mol. The molecule has 0 unspecified atom stereocenters. The second kappa shape index (κ2) is 8.00. The number of aryl methyl sites for hydroxylation is 1. The molecule has 164 valence electrons. The van der Waals surface area contributed by atoms with E-state index in [1.54, 1.807) is 36.1 Å². The zero-order chi connectivity index (χ0) is 23.0. The topological polar surface area (TPSA) is 95.1 Å². The highest BCUT2D eigenvalue weighted by molar-refractivity contribution is 6.05. The zero-order valence-electron chi connectivity index (χ0n) is 18.9. The maximum atomic E-state index is 12.6. The Morgan fingerprint density at radius 3 is 2.31 bits per heavy atom. The third-order valence-electron chi connectivity index (χ3n) is 5.40. The summed E-state index contributed by atoms with van der Waals surface area (Å²) in [6.07, 6.45) is 0. The SMILES string of the molecule is COc1ccc(C(=O)Nc2ccc(-c3cc(C(C)(C)C)nc4c3c(N)nn4C)cc2)cc1. The van der Waals surface area contributed by atoms with Gasteiger partial charge in [0.15, 0.2) is 11.5 Å². The van der Waals surface area contributed by atoms with E-state index >= 15 is 0 Å². The molecule has 4 aromatic rings. The molecule has 3 N–H and O–H groups in total. The van der Waals surface area contributed by atoms with Crippen LogP contribution in [0.25, 0.3) is 22.2 Å². The van der Waals surface area contributed by atoms with E-state index in [9.17, 15) is 4.79 Å². The average Bonchev–Trinajstić information content (AvgIpc) is 3.07. The number of anilines is 2. The van der Waals surface area contributed by atoms with Gasteiger partial charge in [-0.1, -0.05) is 32.9 Å². The van der Waals surface area contributed by atoms with E-state index in [2.05, 4.69) is 37.3 Å². The van der Waals surface area contributed by atoms with Crippen molar-refractivity contribution in [2.45, 2.75) is 26.2 Å². The summed E-state index contributed by atoms with van der Waals surface area (Å²) in [5.41, 5.74) is 11.0. The number of fused-ring (bicyclic) bond motifs is 1. The molecule has 4 rings (SSSR count). The molecule has 2 aromatic heterocycles. The monoisotopic (exact) mass is 429 g/mol. The van der Waals surface area contributed by atoms with E-state index in [4.69, 9.17) is 15.5 Å². The van der Waals surface area contributed by atoms with Crippen LogP contribution in [0.2, 0.25) is 0 Å². The number of carbonyl (C=O) groups excluding carboxylic acids is 1. The van der Waals surface area contributed by atoms with Gasteiger partial charge in [0.25, 0.3) is 5.91 Å². The van der Waals surface area contributed by atoms with Gasteiger partial charge in [-0.3, -0.25) is 4.79 Å². The smallest absolute Gasteiger partial charge is 0.255 e. The number of nitrogens with one attached hydrogen (secondary N) is 1. The predicted octanol–water partition coefficient (Wildman–Crippen LogP) is 4.78. The third-order valence-corrected chi connectivity index (χ3v) is 5.40. The van der Waals surface area contributed by atoms with Crippen molar-refractivity contribution in [3.05, 3.63) is 65.9 Å². The number of hydrogen-bond donors (Lipinski definition) is 2. The Labute approximate surface area is 187 Å². The Balaban J connectivity index is 1.67. The minimum atomic E-state index is -0.182. The Morgan fingerprint density at radius 2 is 1.72 bits per heavy atom. The van der Waals surface area contributed by atoms with Crippen molar-refractivity contribution in [3.63, 3.8) is 0 Å². The van der Waals surface area contributed by atoms with Crippen LogP contribution < -0.4 is 15.8 Å². The summed E-state index contributed by atoms with van der Waals surface area (Å²) in [6, 6.07) is 16.8. The normalized spacial score (nSPS) is 11.5. The molecule has 7 heteroatoms. The van der Waals surface area contributed by atoms with Gasteiger partial charge in [-0.2, -0.15) is 5.10 Å². The van der Waals surface area contributed by atoms with Gasteiger partial charge in [-0.15, -0.1) is 0 Å². The highest BCUT2D eigenvalue weighted by atomic mass is 16.5. The molecule has 0 saturated carbocycles. The predicted molar refractivity (Wildman–Crippen MR) is 128 cm³/mol. The van der Waals surface area contributed by atoms with Crippen molar-refractivity contribution in [1.82, 2.24) is 14.8 Å². The number of amides is 1. The molecule has 0 aliphatic carbocycles. The number of pyridine rings is 1. The van der Waals surface area contributed by atoms with E-state index in [1.807, 2.05) is 31.3 Å². The fourth-order valence-corrected chi connectivity index (χ4v) is 3.57. The van der Waals surface area contributed by atoms with Crippen molar-refractivity contribution in [3.8, 4) is 16.9 Å². The van der Waals surface area contributed by atoms with Crippen molar-refractivity contribution in [2.75, 3.05) is 18.2 Å². The number of hydrogen-bond acceptors (Lipinski definition) is 5. The van der Waals surface area contributed by atoms with E-state index in [0.717, 1.165) is 27.9 Å². The quantitative estimate of drug-likeness (QED) is 0.487. The van der Waals surface area contributed by atoms with Crippen LogP contribution in [-0.2, 0) is 12.5 Å². The van der Waals surface area contributed by atoms with Crippen LogP contribution in [0, 0.1) is 0 Å². The highest BCUT2D eigenvalue weighted by Gasteiger charge is 2.22. The van der Waals surface area contributed by atoms with E-state index < -0.39 is 0 Å². The molecular formula is C25H27N5O2.